The van der Waals surface area contributed by atoms with Gasteiger partial charge in [0.15, 0.2) is 0 Å². The van der Waals surface area contributed by atoms with E-state index < -0.39 is 0 Å². The largest absolute Gasteiger partial charge is 0.374 e. The van der Waals surface area contributed by atoms with E-state index in [4.69, 9.17) is 4.74 Å². The number of ether oxygens (including phenoxy) is 1. The summed E-state index contributed by atoms with van der Waals surface area (Å²) in [5.74, 6) is 0. The second-order valence-electron chi connectivity index (χ2n) is 6.52. The summed E-state index contributed by atoms with van der Waals surface area (Å²) in [7, 11) is 4.14. The fourth-order valence-electron chi connectivity index (χ4n) is 3.62. The Balaban J connectivity index is 1.45. The van der Waals surface area contributed by atoms with E-state index in [-0.39, 0.29) is 12.1 Å². The highest BCUT2D eigenvalue weighted by molar-refractivity contribution is 5.39. The highest BCUT2D eigenvalue weighted by Crippen LogP contribution is 2.27. The van der Waals surface area contributed by atoms with Crippen LogP contribution in [0.5, 0.6) is 0 Å². The van der Waals surface area contributed by atoms with Crippen LogP contribution in [0.4, 0.5) is 0 Å². The Kier molecular flexibility index (Phi) is 4.52. The number of pyridine rings is 1. The zero-order chi connectivity index (χ0) is 17.2. The van der Waals surface area contributed by atoms with Gasteiger partial charge >= 0.3 is 0 Å². The molecule has 1 fully saturated rings. The number of nitrogens with zero attached hydrogens (tertiary/aromatic N) is 5. The molecule has 25 heavy (non-hydrogen) atoms. The predicted octanol–water partition coefficient (Wildman–Crippen LogP) is 1.23. The summed E-state index contributed by atoms with van der Waals surface area (Å²) in [5, 5.41) is 7.88. The van der Waals surface area contributed by atoms with Crippen molar-refractivity contribution in [1.82, 2.24) is 29.4 Å². The molecule has 132 valence electrons. The lowest BCUT2D eigenvalue weighted by molar-refractivity contribution is -0.0639. The summed E-state index contributed by atoms with van der Waals surface area (Å²) >= 11 is 0. The number of rotatable bonds is 5. The Hall–Kier alpha value is -2.22. The number of likely N-dealkylation sites (N-methyl/N-ethyl adjacent to an activating group) is 1. The van der Waals surface area contributed by atoms with E-state index in [1.807, 2.05) is 42.5 Å². The summed E-state index contributed by atoms with van der Waals surface area (Å²) in [4.78, 5) is 6.69. The van der Waals surface area contributed by atoms with E-state index in [9.17, 15) is 0 Å². The van der Waals surface area contributed by atoms with Crippen molar-refractivity contribution in [2.75, 3.05) is 26.7 Å². The smallest absolute Gasteiger partial charge is 0.136 e. The number of aryl methyl sites for hydroxylation is 1. The summed E-state index contributed by atoms with van der Waals surface area (Å²) in [6.45, 7) is 3.25. The molecule has 0 radical (unpaired) electrons. The molecule has 0 bridgehead atoms. The normalized spacial score (nSPS) is 21.8. The summed E-state index contributed by atoms with van der Waals surface area (Å²) in [5.41, 5.74) is 3.35. The quantitative estimate of drug-likeness (QED) is 0.757. The zero-order valence-corrected chi connectivity index (χ0v) is 14.7. The molecule has 0 amide bonds. The van der Waals surface area contributed by atoms with Crippen molar-refractivity contribution in [2.45, 2.75) is 18.7 Å². The lowest BCUT2D eigenvalue weighted by Gasteiger charge is -2.39. The van der Waals surface area contributed by atoms with Crippen LogP contribution < -0.4 is 5.32 Å². The Morgan fingerprint density at radius 2 is 2.16 bits per heavy atom. The summed E-state index contributed by atoms with van der Waals surface area (Å²) in [6.07, 6.45) is 5.77. The molecule has 7 heteroatoms. The minimum absolute atomic E-state index is 0.0936. The van der Waals surface area contributed by atoms with Crippen LogP contribution in [-0.2, 0) is 18.3 Å². The number of hydrogen-bond donors (Lipinski definition) is 1. The predicted molar refractivity (Wildman–Crippen MR) is 95.2 cm³/mol. The molecular weight excluding hydrogens is 316 g/mol. The van der Waals surface area contributed by atoms with Crippen LogP contribution in [-0.4, -0.2) is 56.9 Å². The van der Waals surface area contributed by atoms with Crippen LogP contribution in [0.1, 0.15) is 17.4 Å². The van der Waals surface area contributed by atoms with E-state index in [0.717, 1.165) is 31.9 Å². The van der Waals surface area contributed by atoms with Crippen LogP contribution >= 0.6 is 0 Å². The maximum atomic E-state index is 6.09. The molecule has 0 spiro atoms. The second-order valence-corrected chi connectivity index (χ2v) is 6.52. The van der Waals surface area contributed by atoms with Gasteiger partial charge in [-0.05, 0) is 25.2 Å². The van der Waals surface area contributed by atoms with Crippen LogP contribution in [0.15, 0.2) is 42.9 Å². The monoisotopic (exact) mass is 340 g/mol. The van der Waals surface area contributed by atoms with Crippen molar-refractivity contribution < 1.29 is 4.74 Å². The maximum absolute atomic E-state index is 6.09. The van der Waals surface area contributed by atoms with Crippen molar-refractivity contribution in [2.24, 2.45) is 7.05 Å². The Morgan fingerprint density at radius 3 is 3.00 bits per heavy atom. The van der Waals surface area contributed by atoms with E-state index >= 15 is 0 Å². The van der Waals surface area contributed by atoms with Gasteiger partial charge in [0.05, 0.1) is 24.4 Å². The van der Waals surface area contributed by atoms with Gasteiger partial charge in [-0.15, -0.1) is 0 Å². The van der Waals surface area contributed by atoms with Crippen molar-refractivity contribution in [3.63, 3.8) is 0 Å². The molecule has 2 atom stereocenters. The van der Waals surface area contributed by atoms with E-state index in [1.54, 1.807) is 0 Å². The third-order valence-electron chi connectivity index (χ3n) is 4.93. The van der Waals surface area contributed by atoms with Gasteiger partial charge in [-0.3, -0.25) is 9.58 Å². The maximum Gasteiger partial charge on any atom is 0.136 e. The molecule has 1 N–H and O–H groups in total. The van der Waals surface area contributed by atoms with Gasteiger partial charge in [-0.1, -0.05) is 6.07 Å². The first-order chi connectivity index (χ1) is 12.2. The van der Waals surface area contributed by atoms with Crippen LogP contribution in [0.25, 0.3) is 5.65 Å². The number of imidazole rings is 1. The average molecular weight is 340 g/mol. The van der Waals surface area contributed by atoms with Gasteiger partial charge in [0.1, 0.15) is 5.65 Å². The lowest BCUT2D eigenvalue weighted by atomic mass is 10.0. The van der Waals surface area contributed by atoms with Crippen LogP contribution in [0.3, 0.4) is 0 Å². The highest BCUT2D eigenvalue weighted by atomic mass is 16.5. The molecule has 0 saturated carbocycles. The van der Waals surface area contributed by atoms with Crippen LogP contribution in [0, 0.1) is 0 Å². The molecule has 0 aliphatic carbocycles. The molecule has 1 aliphatic heterocycles. The molecule has 3 aromatic rings. The van der Waals surface area contributed by atoms with Gasteiger partial charge in [-0.25, -0.2) is 4.98 Å². The van der Waals surface area contributed by atoms with Gasteiger partial charge in [-0.2, -0.15) is 5.10 Å². The number of nitrogens with one attached hydrogen (secondary N) is 1. The first-order valence-corrected chi connectivity index (χ1v) is 8.65. The molecule has 7 nitrogen and oxygen atoms in total. The van der Waals surface area contributed by atoms with Crippen molar-refractivity contribution in [3.05, 3.63) is 54.2 Å². The third-order valence-corrected chi connectivity index (χ3v) is 4.93. The van der Waals surface area contributed by atoms with Gasteiger partial charge in [0, 0.05) is 51.0 Å². The molecule has 0 aromatic carbocycles. The Labute approximate surface area is 147 Å². The van der Waals surface area contributed by atoms with Gasteiger partial charge in [0.2, 0.25) is 0 Å². The first-order valence-electron chi connectivity index (χ1n) is 8.65. The van der Waals surface area contributed by atoms with E-state index in [0.29, 0.717) is 0 Å². The van der Waals surface area contributed by atoms with Crippen molar-refractivity contribution in [1.29, 1.82) is 0 Å². The molecule has 3 aromatic heterocycles. The SMILES string of the molecule is CN1CCO[C@@H](CNCc2cccc3nccn23)[C@@H]1c1ccnn1C. The number of hydrogen-bond acceptors (Lipinski definition) is 5. The zero-order valence-electron chi connectivity index (χ0n) is 14.7. The summed E-state index contributed by atoms with van der Waals surface area (Å²) < 4.78 is 10.1. The molecule has 1 saturated heterocycles. The summed E-state index contributed by atoms with van der Waals surface area (Å²) in [6, 6.07) is 8.46. The van der Waals surface area contributed by atoms with Crippen molar-refractivity contribution in [3.8, 4) is 0 Å². The highest BCUT2D eigenvalue weighted by Gasteiger charge is 2.33. The number of fused-ring (bicyclic) bond motifs is 1. The molecular formula is C18H24N6O. The van der Waals surface area contributed by atoms with Gasteiger partial charge < -0.3 is 14.5 Å². The Morgan fingerprint density at radius 1 is 1.24 bits per heavy atom. The minimum atomic E-state index is 0.0936. The first kappa shape index (κ1) is 16.3. The second kappa shape index (κ2) is 6.95. The number of morpholine rings is 1. The fraction of sp³-hybridized carbons (Fsp3) is 0.444. The Bertz CT molecular complexity index is 841. The molecule has 4 heterocycles. The lowest BCUT2D eigenvalue weighted by Crippen LogP contribution is -2.48. The van der Waals surface area contributed by atoms with E-state index in [1.165, 1.54) is 11.4 Å². The minimum Gasteiger partial charge on any atom is -0.374 e. The fourth-order valence-corrected chi connectivity index (χ4v) is 3.62. The molecule has 1 aliphatic rings. The van der Waals surface area contributed by atoms with Crippen LogP contribution in [0.2, 0.25) is 0 Å². The topological polar surface area (TPSA) is 59.6 Å². The van der Waals surface area contributed by atoms with Gasteiger partial charge in [0.25, 0.3) is 0 Å². The van der Waals surface area contributed by atoms with E-state index in [2.05, 4.69) is 43.9 Å². The molecule has 0 unspecified atom stereocenters. The molecule has 4 rings (SSSR count). The third kappa shape index (κ3) is 3.18. The standard InChI is InChI=1S/C18H24N6O/c1-22-10-11-25-16(18(22)15-6-7-21-23(15)2)13-19-12-14-4-3-5-17-20-8-9-24(14)17/h3-9,16,18-19H,10-13H2,1-2H3/t16-,18-/m0/s1. The average Bonchev–Trinajstić information content (AvgIpc) is 3.24. The number of aromatic nitrogens is 4. The van der Waals surface area contributed by atoms with Crippen molar-refractivity contribution >= 4 is 5.65 Å².